The molecule has 12 nitrogen and oxygen atoms in total. The summed E-state index contributed by atoms with van der Waals surface area (Å²) in [5.74, 6) is -2.81. The number of hydrogen-bond donors (Lipinski definition) is 4. The van der Waals surface area contributed by atoms with E-state index in [2.05, 4.69) is 21.3 Å². The van der Waals surface area contributed by atoms with Crippen LogP contribution >= 0.6 is 11.6 Å². The smallest absolute Gasteiger partial charge is 0.319 e. The molecule has 0 saturated carbocycles. The standard InChI is InChI=1S/C29H31ClN6O6/c1-15-5-6-19(12-21(15)30)33-29(42)31-16(2)17-9-18(24(37)14-35(3)4)11-20(10-17)32-22-13-26(39)36(28(22)41)23-7-8-25(38)34-27(23)40/h5-6,9-13,16,23,32H,7-8,14H2,1-4H3,(H2,31,33,42)(H,34,38,40). The minimum atomic E-state index is -1.10. The van der Waals surface area contributed by atoms with E-state index in [1.807, 2.05) is 6.92 Å². The molecule has 2 aromatic rings. The molecule has 2 atom stereocenters. The third kappa shape index (κ3) is 7.01. The number of carbonyl (C=O) groups excluding carboxylic acids is 6. The number of nitrogens with zero attached hydrogens (tertiary/aromatic N) is 2. The molecule has 4 N–H and O–H groups in total. The number of hydrogen-bond acceptors (Lipinski definition) is 8. The quantitative estimate of drug-likeness (QED) is 0.255. The van der Waals surface area contributed by atoms with Gasteiger partial charge in [0.15, 0.2) is 5.78 Å². The first-order valence-corrected chi connectivity index (χ1v) is 13.6. The molecule has 6 amide bonds. The van der Waals surface area contributed by atoms with Crippen molar-refractivity contribution in [2.24, 2.45) is 0 Å². The van der Waals surface area contributed by atoms with E-state index in [9.17, 15) is 28.8 Å². The topological polar surface area (TPSA) is 157 Å². The lowest BCUT2D eigenvalue weighted by Gasteiger charge is -2.28. The molecule has 2 aliphatic rings. The number of urea groups is 1. The first-order chi connectivity index (χ1) is 19.8. The molecule has 0 bridgehead atoms. The van der Waals surface area contributed by atoms with E-state index in [1.54, 1.807) is 62.3 Å². The van der Waals surface area contributed by atoms with Crippen molar-refractivity contribution in [1.29, 1.82) is 0 Å². The Labute approximate surface area is 247 Å². The average Bonchev–Trinajstić information content (AvgIpc) is 3.17. The van der Waals surface area contributed by atoms with E-state index in [1.165, 1.54) is 0 Å². The lowest BCUT2D eigenvalue weighted by Crippen LogP contribution is -2.54. The Bertz CT molecular complexity index is 1520. The van der Waals surface area contributed by atoms with Crippen LogP contribution in [0.5, 0.6) is 0 Å². The molecule has 2 aromatic carbocycles. The van der Waals surface area contributed by atoms with Gasteiger partial charge in [-0.3, -0.25) is 34.2 Å². The van der Waals surface area contributed by atoms with Gasteiger partial charge in [-0.2, -0.15) is 0 Å². The molecule has 1 saturated heterocycles. The number of benzene rings is 2. The van der Waals surface area contributed by atoms with Crippen LogP contribution in [0.1, 0.15) is 47.3 Å². The Morgan fingerprint density at radius 2 is 1.83 bits per heavy atom. The maximum Gasteiger partial charge on any atom is 0.319 e. The van der Waals surface area contributed by atoms with Gasteiger partial charge in [-0.05, 0) is 75.8 Å². The van der Waals surface area contributed by atoms with Crippen molar-refractivity contribution >= 4 is 58.4 Å². The molecule has 1 fully saturated rings. The number of anilines is 2. The fourth-order valence-electron chi connectivity index (χ4n) is 4.58. The van der Waals surface area contributed by atoms with Gasteiger partial charge >= 0.3 is 6.03 Å². The van der Waals surface area contributed by atoms with Crippen LogP contribution in [0.3, 0.4) is 0 Å². The van der Waals surface area contributed by atoms with Gasteiger partial charge in [-0.25, -0.2) is 4.79 Å². The second-order valence-corrected chi connectivity index (χ2v) is 10.9. The van der Waals surface area contributed by atoms with Crippen LogP contribution in [0, 0.1) is 6.92 Å². The summed E-state index contributed by atoms with van der Waals surface area (Å²) in [5.41, 5.74) is 2.48. The van der Waals surface area contributed by atoms with Crippen molar-refractivity contribution in [3.8, 4) is 0 Å². The summed E-state index contributed by atoms with van der Waals surface area (Å²) in [6, 6.07) is 7.80. The van der Waals surface area contributed by atoms with E-state index < -0.39 is 41.7 Å². The number of rotatable bonds is 9. The highest BCUT2D eigenvalue weighted by Gasteiger charge is 2.42. The second kappa shape index (κ2) is 12.5. The van der Waals surface area contributed by atoms with E-state index in [0.29, 0.717) is 27.5 Å². The molecule has 0 spiro atoms. The van der Waals surface area contributed by atoms with E-state index in [0.717, 1.165) is 16.5 Å². The third-order valence-corrected chi connectivity index (χ3v) is 7.18. The number of piperidine rings is 1. The van der Waals surface area contributed by atoms with Gasteiger partial charge < -0.3 is 20.9 Å². The van der Waals surface area contributed by atoms with Crippen molar-refractivity contribution in [3.63, 3.8) is 0 Å². The number of carbonyl (C=O) groups is 6. The first-order valence-electron chi connectivity index (χ1n) is 13.2. The number of Topliss-reactive ketones (excluding diaryl/α,β-unsaturated/α-hetero) is 1. The van der Waals surface area contributed by atoms with E-state index in [4.69, 9.17) is 11.6 Å². The predicted molar refractivity (Wildman–Crippen MR) is 156 cm³/mol. The van der Waals surface area contributed by atoms with Crippen LogP contribution in [0.15, 0.2) is 48.2 Å². The van der Waals surface area contributed by atoms with Crippen LogP contribution in [0.25, 0.3) is 0 Å². The Kier molecular flexibility index (Phi) is 9.08. The zero-order valence-corrected chi connectivity index (χ0v) is 24.3. The number of halogens is 1. The molecule has 0 aliphatic carbocycles. The van der Waals surface area contributed by atoms with Crippen molar-refractivity contribution in [2.75, 3.05) is 31.3 Å². The Morgan fingerprint density at radius 3 is 2.50 bits per heavy atom. The fraction of sp³-hybridized carbons (Fsp3) is 0.310. The van der Waals surface area contributed by atoms with Crippen molar-refractivity contribution < 1.29 is 28.8 Å². The van der Waals surface area contributed by atoms with Crippen molar-refractivity contribution in [2.45, 2.75) is 38.8 Å². The minimum Gasteiger partial charge on any atom is -0.351 e. The van der Waals surface area contributed by atoms with Crippen molar-refractivity contribution in [1.82, 2.24) is 20.4 Å². The van der Waals surface area contributed by atoms with Crippen LogP contribution in [-0.4, -0.2) is 71.9 Å². The van der Waals surface area contributed by atoms with Gasteiger partial charge in [-0.1, -0.05) is 17.7 Å². The molecule has 0 radical (unpaired) electrons. The largest absolute Gasteiger partial charge is 0.351 e. The molecule has 2 unspecified atom stereocenters. The first kappa shape index (κ1) is 30.4. The van der Waals surface area contributed by atoms with Gasteiger partial charge in [0.1, 0.15) is 11.7 Å². The summed E-state index contributed by atoms with van der Waals surface area (Å²) in [6.07, 6.45) is 1.11. The van der Waals surface area contributed by atoms with Crippen LogP contribution in [0.4, 0.5) is 16.2 Å². The second-order valence-electron chi connectivity index (χ2n) is 10.5. The van der Waals surface area contributed by atoms with Crippen LogP contribution in [0.2, 0.25) is 5.02 Å². The summed E-state index contributed by atoms with van der Waals surface area (Å²) >= 11 is 6.15. The summed E-state index contributed by atoms with van der Waals surface area (Å²) in [5, 5.41) is 11.1. The Morgan fingerprint density at radius 1 is 1.10 bits per heavy atom. The number of amides is 6. The zero-order chi connectivity index (χ0) is 30.7. The Hall–Kier alpha value is -4.55. The highest BCUT2D eigenvalue weighted by molar-refractivity contribution is 6.31. The van der Waals surface area contributed by atoms with Gasteiger partial charge in [0.25, 0.3) is 11.8 Å². The molecule has 0 aromatic heterocycles. The number of ketones is 1. The van der Waals surface area contributed by atoms with Crippen molar-refractivity contribution in [3.05, 3.63) is 69.9 Å². The summed E-state index contributed by atoms with van der Waals surface area (Å²) < 4.78 is 0. The molecule has 42 heavy (non-hydrogen) atoms. The maximum absolute atomic E-state index is 13.2. The van der Waals surface area contributed by atoms with Crippen LogP contribution < -0.4 is 21.3 Å². The molecule has 2 aliphatic heterocycles. The van der Waals surface area contributed by atoms with Gasteiger partial charge in [0.05, 0.1) is 12.6 Å². The molecule has 4 rings (SSSR count). The zero-order valence-electron chi connectivity index (χ0n) is 23.5. The molecular weight excluding hydrogens is 564 g/mol. The summed E-state index contributed by atoms with van der Waals surface area (Å²) in [6.45, 7) is 3.69. The molecule has 13 heteroatoms. The fourth-order valence-corrected chi connectivity index (χ4v) is 4.76. The predicted octanol–water partition coefficient (Wildman–Crippen LogP) is 2.75. The monoisotopic (exact) mass is 594 g/mol. The molecule has 2 heterocycles. The number of likely N-dealkylation sites (N-methyl/N-ethyl adjacent to an activating group) is 1. The molecule has 220 valence electrons. The number of aryl methyl sites for hydroxylation is 1. The maximum atomic E-state index is 13.2. The van der Waals surface area contributed by atoms with Crippen LogP contribution in [-0.2, 0) is 19.2 Å². The van der Waals surface area contributed by atoms with E-state index >= 15 is 0 Å². The highest BCUT2D eigenvalue weighted by Crippen LogP contribution is 2.27. The summed E-state index contributed by atoms with van der Waals surface area (Å²) in [7, 11) is 3.51. The average molecular weight is 595 g/mol. The lowest BCUT2D eigenvalue weighted by molar-refractivity contribution is -0.149. The van der Waals surface area contributed by atoms with Gasteiger partial charge in [0, 0.05) is 34.5 Å². The van der Waals surface area contributed by atoms with Gasteiger partial charge in [-0.15, -0.1) is 0 Å². The number of nitrogens with one attached hydrogen (secondary N) is 4. The van der Waals surface area contributed by atoms with E-state index in [-0.39, 0.29) is 30.9 Å². The minimum absolute atomic E-state index is 0.00500. The lowest BCUT2D eigenvalue weighted by atomic mass is 10.0. The number of imide groups is 2. The molecular formula is C29H31ClN6O6. The Balaban J connectivity index is 1.55. The van der Waals surface area contributed by atoms with Gasteiger partial charge in [0.2, 0.25) is 11.8 Å². The normalized spacial score (nSPS) is 17.6. The summed E-state index contributed by atoms with van der Waals surface area (Å²) in [4.78, 5) is 77.9. The highest BCUT2D eigenvalue weighted by atomic mass is 35.5. The SMILES string of the molecule is Cc1ccc(NC(=O)NC(C)c2cc(NC3=CC(=O)N(C4CCC(=O)NC4=O)C3=O)cc(C(=O)CN(C)C)c2)cc1Cl. The third-order valence-electron chi connectivity index (χ3n) is 6.77.